The molecule has 2 aromatic carbocycles. The molecule has 2 amide bonds. The Kier molecular flexibility index (Phi) is 6.54. The molecule has 0 aliphatic heterocycles. The Hall–Kier alpha value is -3.83. The lowest BCUT2D eigenvalue weighted by molar-refractivity contribution is -0.165. The average Bonchev–Trinajstić information content (AvgIpc) is 3.18. The Balaban J connectivity index is 1.49. The van der Waals surface area contributed by atoms with Crippen LogP contribution in [0.2, 0.25) is 5.02 Å². The Morgan fingerprint density at radius 3 is 2.50 bits per heavy atom. The van der Waals surface area contributed by atoms with E-state index in [2.05, 4.69) is 20.6 Å². The molecule has 2 aromatic heterocycles. The third-order valence-corrected chi connectivity index (χ3v) is 5.97. The lowest BCUT2D eigenvalue weighted by Gasteiger charge is -2.30. The molecule has 0 bridgehead atoms. The maximum absolute atomic E-state index is 14.2. The van der Waals surface area contributed by atoms with E-state index < -0.39 is 29.1 Å². The second-order valence-corrected chi connectivity index (χ2v) is 8.72. The van der Waals surface area contributed by atoms with Gasteiger partial charge in [0.05, 0.1) is 21.9 Å². The van der Waals surface area contributed by atoms with Crippen molar-refractivity contribution >= 4 is 40.0 Å². The number of urea groups is 1. The molecule has 4 rings (SSSR count). The number of anilines is 2. The summed E-state index contributed by atoms with van der Waals surface area (Å²) in [6.45, 7) is 1.44. The van der Waals surface area contributed by atoms with E-state index in [1.54, 1.807) is 6.07 Å². The van der Waals surface area contributed by atoms with Crippen LogP contribution in [0, 0.1) is 5.82 Å². The van der Waals surface area contributed by atoms with E-state index in [9.17, 15) is 23.1 Å². The largest absolute Gasteiger partial charge is 0.437 e. The number of rotatable bonds is 6. The highest BCUT2D eigenvalue weighted by Crippen LogP contribution is 2.38. The number of halogens is 4. The fourth-order valence-corrected chi connectivity index (χ4v) is 3.60. The first-order chi connectivity index (χ1) is 16.9. The number of hydrogen-bond donors (Lipinski definition) is 3. The molecule has 0 radical (unpaired) electrons. The van der Waals surface area contributed by atoms with Gasteiger partial charge in [-0.1, -0.05) is 17.7 Å². The third-order valence-electron chi connectivity index (χ3n) is 5.66. The molecule has 2 heterocycles. The number of nitrogens with zero attached hydrogens (tertiary/aromatic N) is 3. The highest BCUT2D eigenvalue weighted by Gasteiger charge is 2.46. The molecule has 1 unspecified atom stereocenters. The second kappa shape index (κ2) is 9.32. The molecule has 1 atom stereocenters. The average molecular weight is 520 g/mol. The van der Waals surface area contributed by atoms with E-state index in [4.69, 9.17) is 16.3 Å². The van der Waals surface area contributed by atoms with Crippen molar-refractivity contribution in [1.82, 2.24) is 14.5 Å². The van der Waals surface area contributed by atoms with Crippen LogP contribution in [-0.2, 0) is 12.6 Å². The number of carbonyl (C=O) groups excluding carboxylic acids is 1. The minimum absolute atomic E-state index is 0.114. The number of amides is 2. The van der Waals surface area contributed by atoms with E-state index >= 15 is 0 Å². The summed E-state index contributed by atoms with van der Waals surface area (Å²) in [6.07, 6.45) is 3.19. The smallest absolute Gasteiger partial charge is 0.323 e. The number of nitrogens with one attached hydrogen (secondary N) is 2. The molecule has 0 aliphatic carbocycles. The molecule has 0 spiro atoms. The lowest BCUT2D eigenvalue weighted by Crippen LogP contribution is -2.40. The summed E-state index contributed by atoms with van der Waals surface area (Å²) in [5, 5.41) is 15.0. The number of hydrogen-bond acceptors (Lipinski definition) is 5. The van der Waals surface area contributed by atoms with Crippen LogP contribution in [0.3, 0.4) is 0 Å². The van der Waals surface area contributed by atoms with Crippen LogP contribution in [0.4, 0.5) is 29.3 Å². The summed E-state index contributed by atoms with van der Waals surface area (Å²) in [6, 6.07) is 8.23. The molecule has 4 aromatic rings. The van der Waals surface area contributed by atoms with Gasteiger partial charge < -0.3 is 25.0 Å². The van der Waals surface area contributed by atoms with Crippen molar-refractivity contribution < 1.29 is 27.8 Å². The van der Waals surface area contributed by atoms with Gasteiger partial charge in [0, 0.05) is 26.2 Å². The number of aliphatic hydroxyl groups is 1. The molecular formula is C24H21ClF3N5O3. The van der Waals surface area contributed by atoms with E-state index in [1.807, 2.05) is 23.9 Å². The van der Waals surface area contributed by atoms with E-state index in [0.717, 1.165) is 25.1 Å². The van der Waals surface area contributed by atoms with Gasteiger partial charge in [-0.15, -0.1) is 0 Å². The van der Waals surface area contributed by atoms with Crippen molar-refractivity contribution in [3.05, 3.63) is 71.4 Å². The first-order valence-electron chi connectivity index (χ1n) is 10.6. The maximum Gasteiger partial charge on any atom is 0.323 e. The molecule has 0 saturated heterocycles. The van der Waals surface area contributed by atoms with Crippen LogP contribution in [0.25, 0.3) is 11.0 Å². The summed E-state index contributed by atoms with van der Waals surface area (Å²) in [5.41, 5.74) is -1.70. The topological polar surface area (TPSA) is 101 Å². The molecule has 188 valence electrons. The molecule has 0 saturated carbocycles. The molecular weight excluding hydrogens is 499 g/mol. The van der Waals surface area contributed by atoms with Gasteiger partial charge in [-0.25, -0.2) is 22.9 Å². The Labute approximate surface area is 208 Å². The van der Waals surface area contributed by atoms with Crippen LogP contribution in [-0.4, -0.2) is 31.6 Å². The Morgan fingerprint density at radius 2 is 1.81 bits per heavy atom. The number of benzene rings is 2. The van der Waals surface area contributed by atoms with Gasteiger partial charge in [0.2, 0.25) is 5.88 Å². The lowest BCUT2D eigenvalue weighted by atomic mass is 9.90. The van der Waals surface area contributed by atoms with Crippen LogP contribution >= 0.6 is 11.6 Å². The second-order valence-electron chi connectivity index (χ2n) is 8.32. The fourth-order valence-electron chi connectivity index (χ4n) is 3.39. The van der Waals surface area contributed by atoms with Crippen LogP contribution in [0.5, 0.6) is 11.6 Å². The summed E-state index contributed by atoms with van der Waals surface area (Å²) >= 11 is 6.29. The van der Waals surface area contributed by atoms with Gasteiger partial charge in [0.25, 0.3) is 5.92 Å². The molecule has 0 fully saturated rings. The number of carbonyl (C=O) groups is 1. The van der Waals surface area contributed by atoms with Crippen molar-refractivity contribution in [2.45, 2.75) is 25.4 Å². The van der Waals surface area contributed by atoms with E-state index in [0.29, 0.717) is 29.6 Å². The standard InChI is InChI=1S/C24H21ClF3N5O3/c1-23(35,24(2,27)28)13-4-6-16(26)19(10-13)32-22(34)31-17-7-5-14(11-15(17)25)36-21-20-18(29-12-30-21)8-9-33(20)3/h4-12,35H,1-3H3,(H2,31,32,34). The molecule has 36 heavy (non-hydrogen) atoms. The predicted molar refractivity (Wildman–Crippen MR) is 129 cm³/mol. The van der Waals surface area contributed by atoms with Gasteiger partial charge in [0.15, 0.2) is 0 Å². The van der Waals surface area contributed by atoms with Gasteiger partial charge in [-0.2, -0.15) is 4.98 Å². The fraction of sp³-hybridized carbons (Fsp3) is 0.208. The zero-order chi connectivity index (χ0) is 26.3. The molecule has 3 N–H and O–H groups in total. The third kappa shape index (κ3) is 4.93. The highest BCUT2D eigenvalue weighted by atomic mass is 35.5. The Morgan fingerprint density at radius 1 is 1.08 bits per heavy atom. The minimum Gasteiger partial charge on any atom is -0.437 e. The zero-order valence-corrected chi connectivity index (χ0v) is 20.1. The van der Waals surface area contributed by atoms with Gasteiger partial charge in [-0.3, -0.25) is 0 Å². The van der Waals surface area contributed by atoms with Crippen molar-refractivity contribution in [3.8, 4) is 11.6 Å². The van der Waals surface area contributed by atoms with Crippen molar-refractivity contribution in [2.75, 3.05) is 10.6 Å². The summed E-state index contributed by atoms with van der Waals surface area (Å²) in [7, 11) is 1.82. The normalized spacial score (nSPS) is 13.3. The van der Waals surface area contributed by atoms with Crippen molar-refractivity contribution in [2.24, 2.45) is 7.05 Å². The van der Waals surface area contributed by atoms with Gasteiger partial charge >= 0.3 is 6.03 Å². The first kappa shape index (κ1) is 25.3. The zero-order valence-electron chi connectivity index (χ0n) is 19.3. The van der Waals surface area contributed by atoms with Crippen molar-refractivity contribution in [3.63, 3.8) is 0 Å². The summed E-state index contributed by atoms with van der Waals surface area (Å²) < 4.78 is 49.5. The van der Waals surface area contributed by atoms with Gasteiger partial charge in [-0.05, 0) is 42.8 Å². The summed E-state index contributed by atoms with van der Waals surface area (Å²) in [5.74, 6) is -3.74. The number of aromatic nitrogens is 3. The Bertz CT molecular complexity index is 1450. The SMILES string of the molecule is Cn1ccc2ncnc(Oc3ccc(NC(=O)Nc4cc(C(C)(O)C(C)(F)F)ccc4F)c(Cl)c3)c21. The number of aryl methyl sites for hydroxylation is 1. The number of alkyl halides is 2. The monoisotopic (exact) mass is 519 g/mol. The van der Waals surface area contributed by atoms with Crippen LogP contribution in [0.1, 0.15) is 19.4 Å². The van der Waals surface area contributed by atoms with Crippen LogP contribution in [0.15, 0.2) is 55.0 Å². The van der Waals surface area contributed by atoms with Crippen molar-refractivity contribution in [1.29, 1.82) is 0 Å². The van der Waals surface area contributed by atoms with Gasteiger partial charge in [0.1, 0.15) is 29.0 Å². The molecule has 0 aliphatic rings. The quantitative estimate of drug-likeness (QED) is 0.287. The minimum atomic E-state index is -3.51. The number of ether oxygens (including phenoxy) is 1. The highest BCUT2D eigenvalue weighted by molar-refractivity contribution is 6.34. The van der Waals surface area contributed by atoms with E-state index in [-0.39, 0.29) is 16.3 Å². The van der Waals surface area contributed by atoms with E-state index in [1.165, 1.54) is 18.5 Å². The predicted octanol–water partition coefficient (Wildman–Crippen LogP) is 6.06. The first-order valence-corrected chi connectivity index (χ1v) is 11.0. The number of fused-ring (bicyclic) bond motifs is 1. The summed E-state index contributed by atoms with van der Waals surface area (Å²) in [4.78, 5) is 20.8. The molecule has 12 heteroatoms. The maximum atomic E-state index is 14.2. The molecule has 8 nitrogen and oxygen atoms in total. The van der Waals surface area contributed by atoms with Crippen LogP contribution < -0.4 is 15.4 Å².